The Morgan fingerprint density at radius 3 is 2.76 bits per heavy atom. The van der Waals surface area contributed by atoms with Gasteiger partial charge in [0, 0.05) is 16.8 Å². The van der Waals surface area contributed by atoms with Gasteiger partial charge in [0.05, 0.1) is 25.6 Å². The maximum atomic E-state index is 12.9. The van der Waals surface area contributed by atoms with Crippen molar-refractivity contribution < 1.29 is 27.1 Å². The normalized spacial score (nSPS) is 11.7. The Kier molecular flexibility index (Phi) is 4.63. The molecular weight excluding hydrogens is 398 g/mol. The molecule has 2 N–H and O–H groups in total. The molecule has 0 saturated carbocycles. The third-order valence-corrected chi connectivity index (χ3v) is 5.65. The predicted molar refractivity (Wildman–Crippen MR) is 106 cm³/mol. The van der Waals surface area contributed by atoms with Crippen LogP contribution >= 0.6 is 0 Å². The number of nitrogens with zero attached hydrogens (tertiary/aromatic N) is 1. The second kappa shape index (κ2) is 7.13. The summed E-state index contributed by atoms with van der Waals surface area (Å²) in [5.41, 5.74) is 1.12. The van der Waals surface area contributed by atoms with Crippen LogP contribution in [-0.2, 0) is 14.8 Å². The van der Waals surface area contributed by atoms with Crippen molar-refractivity contribution in [2.75, 3.05) is 18.4 Å². The Morgan fingerprint density at radius 2 is 2.00 bits per heavy atom. The zero-order valence-electron chi connectivity index (χ0n) is 15.6. The van der Waals surface area contributed by atoms with Crippen molar-refractivity contribution in [3.05, 3.63) is 48.2 Å². The zero-order chi connectivity index (χ0) is 20.6. The molecule has 10 heteroatoms. The van der Waals surface area contributed by atoms with Gasteiger partial charge in [-0.3, -0.25) is 9.82 Å². The summed E-state index contributed by atoms with van der Waals surface area (Å²) in [6.07, 6.45) is 1.10. The number of fused-ring (bicyclic) bond motifs is 3. The third kappa shape index (κ3) is 3.27. The third-order valence-electron chi connectivity index (χ3n) is 4.31. The van der Waals surface area contributed by atoms with E-state index in [1.807, 2.05) is 24.3 Å². The number of rotatable bonds is 6. The maximum absolute atomic E-state index is 12.9. The highest BCUT2D eigenvalue weighted by molar-refractivity contribution is 7.92. The summed E-state index contributed by atoms with van der Waals surface area (Å²) < 4.78 is 44.3. The van der Waals surface area contributed by atoms with Gasteiger partial charge in [-0.15, -0.1) is 0 Å². The molecule has 2 aromatic heterocycles. The van der Waals surface area contributed by atoms with Crippen LogP contribution in [0.5, 0.6) is 5.75 Å². The number of aromatic amines is 1. The number of furan rings is 1. The smallest absolute Gasteiger partial charge is 0.342 e. The number of H-pyrrole nitrogens is 1. The molecule has 0 aliphatic rings. The van der Waals surface area contributed by atoms with Crippen molar-refractivity contribution in [3.63, 3.8) is 0 Å². The molecule has 0 unspecified atom stereocenters. The summed E-state index contributed by atoms with van der Waals surface area (Å²) in [6, 6.07) is 10.7. The molecule has 150 valence electrons. The first-order valence-electron chi connectivity index (χ1n) is 8.67. The monoisotopic (exact) mass is 415 g/mol. The molecule has 0 atom stereocenters. The van der Waals surface area contributed by atoms with Gasteiger partial charge >= 0.3 is 5.97 Å². The molecule has 0 saturated heterocycles. The second-order valence-electron chi connectivity index (χ2n) is 6.09. The van der Waals surface area contributed by atoms with E-state index in [0.29, 0.717) is 16.9 Å². The summed E-state index contributed by atoms with van der Waals surface area (Å²) >= 11 is 0. The number of anilines is 1. The van der Waals surface area contributed by atoms with Crippen LogP contribution in [0.15, 0.2) is 52.0 Å². The number of hydrogen-bond donors (Lipinski definition) is 2. The van der Waals surface area contributed by atoms with Crippen LogP contribution in [-0.4, -0.2) is 38.3 Å². The lowest BCUT2D eigenvalue weighted by molar-refractivity contribution is 0.0522. The van der Waals surface area contributed by atoms with Gasteiger partial charge in [0.1, 0.15) is 22.5 Å². The number of carbonyl (C=O) groups is 1. The minimum Gasteiger partial charge on any atom is -0.495 e. The Hall–Kier alpha value is -3.53. The summed E-state index contributed by atoms with van der Waals surface area (Å²) in [7, 11) is -2.75. The lowest BCUT2D eigenvalue weighted by Crippen LogP contribution is -2.18. The van der Waals surface area contributed by atoms with Gasteiger partial charge < -0.3 is 13.9 Å². The van der Waals surface area contributed by atoms with Crippen LogP contribution in [0.3, 0.4) is 0 Å². The van der Waals surface area contributed by atoms with E-state index < -0.39 is 21.0 Å². The first kappa shape index (κ1) is 18.8. The Labute approximate surface area is 165 Å². The van der Waals surface area contributed by atoms with E-state index in [0.717, 1.165) is 17.0 Å². The Bertz CT molecular complexity index is 1320. The molecule has 0 bridgehead atoms. The van der Waals surface area contributed by atoms with Gasteiger partial charge in [-0.2, -0.15) is 13.5 Å². The van der Waals surface area contributed by atoms with Gasteiger partial charge in [-0.1, -0.05) is 18.2 Å². The average molecular weight is 415 g/mol. The van der Waals surface area contributed by atoms with Gasteiger partial charge in [0.2, 0.25) is 0 Å². The molecule has 0 spiro atoms. The number of esters is 1. The molecule has 0 amide bonds. The van der Waals surface area contributed by atoms with Gasteiger partial charge in [0.15, 0.2) is 5.03 Å². The molecule has 2 aromatic carbocycles. The van der Waals surface area contributed by atoms with Gasteiger partial charge in [-0.25, -0.2) is 4.79 Å². The first-order valence-corrected chi connectivity index (χ1v) is 10.2. The van der Waals surface area contributed by atoms with Crippen molar-refractivity contribution in [3.8, 4) is 5.75 Å². The molecule has 0 fully saturated rings. The van der Waals surface area contributed by atoms with Crippen LogP contribution in [0.4, 0.5) is 5.69 Å². The van der Waals surface area contributed by atoms with E-state index in [-0.39, 0.29) is 17.9 Å². The van der Waals surface area contributed by atoms with E-state index in [9.17, 15) is 13.2 Å². The fourth-order valence-corrected chi connectivity index (χ4v) is 4.18. The average Bonchev–Trinajstić information content (AvgIpc) is 3.32. The van der Waals surface area contributed by atoms with Gasteiger partial charge in [0.25, 0.3) is 10.0 Å². The summed E-state index contributed by atoms with van der Waals surface area (Å²) in [6.45, 7) is 1.73. The lowest BCUT2D eigenvalue weighted by Gasteiger charge is -2.12. The number of methoxy groups -OCH3 is 1. The molecule has 9 nitrogen and oxygen atoms in total. The van der Waals surface area contributed by atoms with Crippen molar-refractivity contribution in [1.29, 1.82) is 0 Å². The molecule has 0 aliphatic heterocycles. The van der Waals surface area contributed by atoms with E-state index in [1.165, 1.54) is 13.2 Å². The summed E-state index contributed by atoms with van der Waals surface area (Å²) in [5.74, 6) is -0.494. The van der Waals surface area contributed by atoms with Crippen molar-refractivity contribution >= 4 is 43.6 Å². The number of nitrogens with one attached hydrogen (secondary N) is 2. The Morgan fingerprint density at radius 1 is 1.21 bits per heavy atom. The fourth-order valence-electron chi connectivity index (χ4n) is 3.03. The number of sulfonamides is 1. The van der Waals surface area contributed by atoms with Crippen molar-refractivity contribution in [2.45, 2.75) is 11.9 Å². The maximum Gasteiger partial charge on any atom is 0.342 e. The van der Waals surface area contributed by atoms with Crippen LogP contribution in [0.2, 0.25) is 0 Å². The molecule has 29 heavy (non-hydrogen) atoms. The number of benzene rings is 2. The minimum atomic E-state index is -4.19. The van der Waals surface area contributed by atoms with E-state index in [2.05, 4.69) is 14.9 Å². The Balaban J connectivity index is 1.78. The van der Waals surface area contributed by atoms with Crippen LogP contribution in [0.25, 0.3) is 21.9 Å². The molecule has 4 rings (SSSR count). The topological polar surface area (TPSA) is 124 Å². The van der Waals surface area contributed by atoms with Crippen LogP contribution < -0.4 is 9.46 Å². The highest BCUT2D eigenvalue weighted by Crippen LogP contribution is 2.37. The van der Waals surface area contributed by atoms with E-state index in [1.54, 1.807) is 13.0 Å². The number of hydrogen-bond acceptors (Lipinski definition) is 7. The lowest BCUT2D eigenvalue weighted by atomic mass is 10.1. The van der Waals surface area contributed by atoms with Crippen molar-refractivity contribution in [1.82, 2.24) is 10.2 Å². The predicted octanol–water partition coefficient (Wildman–Crippen LogP) is 3.30. The number of aromatic nitrogens is 2. The SMILES string of the molecule is CCOC(=O)c1cn[nH]c1S(=O)(=O)Nc1cc2oc3ccccc3c2cc1OC. The number of ether oxygens (including phenoxy) is 2. The van der Waals surface area contributed by atoms with Crippen molar-refractivity contribution in [2.24, 2.45) is 0 Å². The molecule has 4 aromatic rings. The number of carbonyl (C=O) groups excluding carboxylic acids is 1. The molecule has 0 aliphatic carbocycles. The standard InChI is InChI=1S/C19H17N3O6S/c1-3-27-19(23)13-10-20-21-18(13)29(24,25)22-14-9-16-12(8-17(14)26-2)11-6-4-5-7-15(11)28-16/h4-10,22H,3H2,1-2H3,(H,20,21). The summed E-state index contributed by atoms with van der Waals surface area (Å²) in [4.78, 5) is 12.0. The highest BCUT2D eigenvalue weighted by Gasteiger charge is 2.27. The summed E-state index contributed by atoms with van der Waals surface area (Å²) in [5, 5.41) is 7.26. The van der Waals surface area contributed by atoms with E-state index >= 15 is 0 Å². The highest BCUT2D eigenvalue weighted by atomic mass is 32.2. The van der Waals surface area contributed by atoms with Crippen LogP contribution in [0.1, 0.15) is 17.3 Å². The number of para-hydroxylation sites is 1. The zero-order valence-corrected chi connectivity index (χ0v) is 16.4. The fraction of sp³-hybridized carbons (Fsp3) is 0.158. The molecular formula is C19H17N3O6S. The largest absolute Gasteiger partial charge is 0.495 e. The minimum absolute atomic E-state index is 0.105. The second-order valence-corrected chi connectivity index (χ2v) is 7.70. The van der Waals surface area contributed by atoms with Gasteiger partial charge in [-0.05, 0) is 19.1 Å². The molecule has 2 heterocycles. The first-order chi connectivity index (χ1) is 13.9. The van der Waals surface area contributed by atoms with E-state index in [4.69, 9.17) is 13.9 Å². The molecule has 0 radical (unpaired) electrons. The van der Waals surface area contributed by atoms with Crippen LogP contribution in [0, 0.1) is 0 Å². The quantitative estimate of drug-likeness (QED) is 0.463.